The van der Waals surface area contributed by atoms with Crippen molar-refractivity contribution in [2.75, 3.05) is 6.61 Å². The van der Waals surface area contributed by atoms with Crippen molar-refractivity contribution < 1.29 is 33.3 Å². The average molecular weight is 288 g/mol. The number of halogens is 2. The summed E-state index contributed by atoms with van der Waals surface area (Å²) in [6.07, 6.45) is -4.00. The fraction of sp³-hybridized carbons (Fsp3) is 0.385. The Morgan fingerprint density at radius 2 is 1.85 bits per heavy atom. The van der Waals surface area contributed by atoms with Gasteiger partial charge in [0.15, 0.2) is 11.9 Å². The topological polar surface area (TPSA) is 83.8 Å². The molecular formula is C13H14F2O5. The summed E-state index contributed by atoms with van der Waals surface area (Å²) in [4.78, 5) is 22.4. The quantitative estimate of drug-likeness (QED) is 0.626. The summed E-state index contributed by atoms with van der Waals surface area (Å²) in [7, 11) is 0. The van der Waals surface area contributed by atoms with Gasteiger partial charge in [-0.1, -0.05) is 0 Å². The lowest BCUT2D eigenvalue weighted by molar-refractivity contribution is -0.159. The van der Waals surface area contributed by atoms with Crippen LogP contribution in [0.25, 0.3) is 0 Å². The number of aliphatic hydroxyl groups excluding tert-OH is 2. The molecule has 110 valence electrons. The number of hydrogen-bond acceptors (Lipinski definition) is 5. The smallest absolute Gasteiger partial charge is 0.338 e. The number of carbonyl (C=O) groups excluding carboxylic acids is 2. The van der Waals surface area contributed by atoms with Crippen LogP contribution in [0.3, 0.4) is 0 Å². The van der Waals surface area contributed by atoms with Gasteiger partial charge in [-0.2, -0.15) is 0 Å². The van der Waals surface area contributed by atoms with E-state index in [-0.39, 0.29) is 6.61 Å². The molecule has 0 amide bonds. The van der Waals surface area contributed by atoms with Gasteiger partial charge in [0.1, 0.15) is 17.7 Å². The zero-order chi connectivity index (χ0) is 15.4. The molecule has 1 aromatic carbocycles. The SMILES string of the molecule is CCOC(=O)C(O)C(O)c1cc(C(C)=O)c(F)cc1F. The van der Waals surface area contributed by atoms with Gasteiger partial charge in [0.2, 0.25) is 0 Å². The van der Waals surface area contributed by atoms with Crippen LogP contribution in [0.2, 0.25) is 0 Å². The molecule has 0 aliphatic heterocycles. The van der Waals surface area contributed by atoms with E-state index in [0.29, 0.717) is 6.07 Å². The number of carbonyl (C=O) groups is 2. The van der Waals surface area contributed by atoms with Crippen LogP contribution in [0, 0.1) is 11.6 Å². The number of hydrogen-bond donors (Lipinski definition) is 2. The summed E-state index contributed by atoms with van der Waals surface area (Å²) >= 11 is 0. The lowest BCUT2D eigenvalue weighted by atomic mass is 9.99. The summed E-state index contributed by atoms with van der Waals surface area (Å²) in [5.74, 6) is -4.09. The van der Waals surface area contributed by atoms with Gasteiger partial charge in [-0.25, -0.2) is 13.6 Å². The first kappa shape index (κ1) is 16.2. The third kappa shape index (κ3) is 3.37. The van der Waals surface area contributed by atoms with Gasteiger partial charge in [0.25, 0.3) is 0 Å². The zero-order valence-corrected chi connectivity index (χ0v) is 10.9. The summed E-state index contributed by atoms with van der Waals surface area (Å²) in [5.41, 5.74) is -1.01. The fourth-order valence-electron chi connectivity index (χ4n) is 1.59. The number of Topliss-reactive ketones (excluding diaryl/α,β-unsaturated/α-hetero) is 1. The summed E-state index contributed by atoms with van der Waals surface area (Å²) in [6.45, 7) is 2.52. The number of rotatable bonds is 5. The van der Waals surface area contributed by atoms with Crippen molar-refractivity contribution >= 4 is 11.8 Å². The van der Waals surface area contributed by atoms with Crippen molar-refractivity contribution in [3.05, 3.63) is 34.9 Å². The molecule has 0 radical (unpaired) electrons. The standard InChI is InChI=1S/C13H14F2O5/c1-3-20-13(19)12(18)11(17)8-4-7(6(2)16)9(14)5-10(8)15/h4-5,11-12,17-18H,3H2,1-2H3. The highest BCUT2D eigenvalue weighted by Crippen LogP contribution is 2.24. The molecule has 2 N–H and O–H groups in total. The molecule has 20 heavy (non-hydrogen) atoms. The van der Waals surface area contributed by atoms with E-state index in [9.17, 15) is 28.6 Å². The molecule has 0 fully saturated rings. The maximum atomic E-state index is 13.6. The van der Waals surface area contributed by atoms with Gasteiger partial charge in [-0.15, -0.1) is 0 Å². The number of ether oxygens (including phenoxy) is 1. The average Bonchev–Trinajstić information content (AvgIpc) is 2.37. The van der Waals surface area contributed by atoms with Crippen molar-refractivity contribution in [1.29, 1.82) is 0 Å². The van der Waals surface area contributed by atoms with E-state index in [1.807, 2.05) is 0 Å². The third-order valence-corrected chi connectivity index (χ3v) is 2.61. The predicted molar refractivity (Wildman–Crippen MR) is 64.0 cm³/mol. The first-order valence-electron chi connectivity index (χ1n) is 5.82. The van der Waals surface area contributed by atoms with Crippen LogP contribution in [-0.2, 0) is 9.53 Å². The molecule has 0 spiro atoms. The molecule has 0 bridgehead atoms. The molecule has 7 heteroatoms. The third-order valence-electron chi connectivity index (χ3n) is 2.61. The van der Waals surface area contributed by atoms with E-state index in [1.54, 1.807) is 0 Å². The lowest BCUT2D eigenvalue weighted by Crippen LogP contribution is -2.30. The van der Waals surface area contributed by atoms with Crippen molar-refractivity contribution in [3.63, 3.8) is 0 Å². The van der Waals surface area contributed by atoms with Crippen LogP contribution in [-0.4, -0.2) is 34.7 Å². The van der Waals surface area contributed by atoms with E-state index in [4.69, 9.17) is 0 Å². The van der Waals surface area contributed by atoms with Gasteiger partial charge in [-0.3, -0.25) is 4.79 Å². The Morgan fingerprint density at radius 1 is 1.25 bits per heavy atom. The van der Waals surface area contributed by atoms with E-state index in [0.717, 1.165) is 13.0 Å². The monoisotopic (exact) mass is 288 g/mol. The van der Waals surface area contributed by atoms with Gasteiger partial charge >= 0.3 is 5.97 Å². The Hall–Kier alpha value is -1.86. The fourth-order valence-corrected chi connectivity index (χ4v) is 1.59. The lowest BCUT2D eigenvalue weighted by Gasteiger charge is -2.18. The van der Waals surface area contributed by atoms with Gasteiger partial charge in [-0.05, 0) is 19.9 Å². The molecule has 5 nitrogen and oxygen atoms in total. The van der Waals surface area contributed by atoms with E-state index in [1.165, 1.54) is 6.92 Å². The summed E-state index contributed by atoms with van der Waals surface area (Å²) in [6, 6.07) is 1.17. The van der Waals surface area contributed by atoms with E-state index in [2.05, 4.69) is 4.74 Å². The Labute approximate surface area is 113 Å². The van der Waals surface area contributed by atoms with E-state index >= 15 is 0 Å². The summed E-state index contributed by atoms with van der Waals surface area (Å²) in [5, 5.41) is 19.3. The second-order valence-corrected chi connectivity index (χ2v) is 4.05. The minimum Gasteiger partial charge on any atom is -0.464 e. The van der Waals surface area contributed by atoms with Crippen LogP contribution >= 0.6 is 0 Å². The van der Waals surface area contributed by atoms with Crippen molar-refractivity contribution in [1.82, 2.24) is 0 Å². The summed E-state index contributed by atoms with van der Waals surface area (Å²) < 4.78 is 31.4. The van der Waals surface area contributed by atoms with Crippen LogP contribution in [0.15, 0.2) is 12.1 Å². The van der Waals surface area contributed by atoms with Gasteiger partial charge in [0.05, 0.1) is 12.2 Å². The molecule has 0 saturated heterocycles. The second kappa shape index (κ2) is 6.53. The number of ketones is 1. The zero-order valence-electron chi connectivity index (χ0n) is 10.9. The van der Waals surface area contributed by atoms with Crippen LogP contribution in [0.4, 0.5) is 8.78 Å². The van der Waals surface area contributed by atoms with Crippen LogP contribution < -0.4 is 0 Å². The molecule has 0 heterocycles. The second-order valence-electron chi connectivity index (χ2n) is 4.05. The largest absolute Gasteiger partial charge is 0.464 e. The molecule has 0 saturated carbocycles. The van der Waals surface area contributed by atoms with Crippen molar-refractivity contribution in [2.24, 2.45) is 0 Å². The Kier molecular flexibility index (Phi) is 5.29. The Bertz CT molecular complexity index is 530. The molecule has 1 rings (SSSR count). The molecule has 0 aliphatic carbocycles. The Morgan fingerprint density at radius 3 is 2.35 bits per heavy atom. The van der Waals surface area contributed by atoms with Crippen LogP contribution in [0.5, 0.6) is 0 Å². The molecule has 2 atom stereocenters. The maximum Gasteiger partial charge on any atom is 0.338 e. The highest BCUT2D eigenvalue weighted by atomic mass is 19.1. The first-order chi connectivity index (χ1) is 9.29. The number of esters is 1. The van der Waals surface area contributed by atoms with Gasteiger partial charge < -0.3 is 14.9 Å². The molecule has 0 aromatic heterocycles. The molecule has 0 aliphatic rings. The minimum atomic E-state index is -2.03. The molecule has 1 aromatic rings. The maximum absolute atomic E-state index is 13.6. The number of benzene rings is 1. The van der Waals surface area contributed by atoms with Crippen molar-refractivity contribution in [3.8, 4) is 0 Å². The minimum absolute atomic E-state index is 0.0345. The first-order valence-corrected chi connectivity index (χ1v) is 5.82. The normalized spacial score (nSPS) is 13.7. The predicted octanol–water partition coefficient (Wildman–Crippen LogP) is 1.12. The highest BCUT2D eigenvalue weighted by molar-refractivity contribution is 5.94. The Balaban J connectivity index is 3.15. The number of aliphatic hydroxyl groups is 2. The van der Waals surface area contributed by atoms with Crippen LogP contribution in [0.1, 0.15) is 35.9 Å². The van der Waals surface area contributed by atoms with E-state index < -0.39 is 46.7 Å². The highest BCUT2D eigenvalue weighted by Gasteiger charge is 2.30. The molecular weight excluding hydrogens is 274 g/mol. The van der Waals surface area contributed by atoms with Gasteiger partial charge in [0, 0.05) is 11.6 Å². The van der Waals surface area contributed by atoms with Crippen molar-refractivity contribution in [2.45, 2.75) is 26.1 Å². The molecule has 2 unspecified atom stereocenters.